The van der Waals surface area contributed by atoms with Crippen LogP contribution in [0.1, 0.15) is 36.9 Å². The highest BCUT2D eigenvalue weighted by Gasteiger charge is 2.45. The quantitative estimate of drug-likeness (QED) is 0.239. The van der Waals surface area contributed by atoms with Crippen LogP contribution in [0, 0.1) is 0 Å². The summed E-state index contributed by atoms with van der Waals surface area (Å²) in [4.78, 5) is 30.2. The van der Waals surface area contributed by atoms with Crippen molar-refractivity contribution in [2.45, 2.75) is 25.8 Å². The van der Waals surface area contributed by atoms with Gasteiger partial charge < -0.3 is 24.4 Å². The Labute approximate surface area is 217 Å². The van der Waals surface area contributed by atoms with Gasteiger partial charge in [-0.2, -0.15) is 0 Å². The Morgan fingerprint density at radius 3 is 2.49 bits per heavy atom. The second-order valence-corrected chi connectivity index (χ2v) is 9.50. The van der Waals surface area contributed by atoms with Gasteiger partial charge in [0, 0.05) is 12.1 Å². The van der Waals surface area contributed by atoms with Crippen LogP contribution in [0.25, 0.3) is 16.5 Å². The molecule has 0 radical (unpaired) electrons. The van der Waals surface area contributed by atoms with Crippen molar-refractivity contribution in [1.82, 2.24) is 9.80 Å². The molecule has 1 fully saturated rings. The van der Waals surface area contributed by atoms with Gasteiger partial charge in [0.15, 0.2) is 0 Å². The monoisotopic (exact) mass is 502 g/mol. The second-order valence-electron chi connectivity index (χ2n) is 9.50. The van der Waals surface area contributed by atoms with E-state index >= 15 is 0 Å². The summed E-state index contributed by atoms with van der Waals surface area (Å²) < 4.78 is 11.1. The highest BCUT2D eigenvalue weighted by atomic mass is 16.5. The molecule has 1 saturated heterocycles. The lowest BCUT2D eigenvalue weighted by Crippen LogP contribution is -2.32. The van der Waals surface area contributed by atoms with Gasteiger partial charge >= 0.3 is 0 Å². The van der Waals surface area contributed by atoms with E-state index < -0.39 is 17.7 Å². The zero-order chi connectivity index (χ0) is 26.5. The minimum absolute atomic E-state index is 0.0929. The molecule has 7 heteroatoms. The highest BCUT2D eigenvalue weighted by molar-refractivity contribution is 6.46. The van der Waals surface area contributed by atoms with E-state index in [1.807, 2.05) is 80.5 Å². The van der Waals surface area contributed by atoms with Crippen LogP contribution in [-0.2, 0) is 9.59 Å². The Morgan fingerprint density at radius 1 is 1.00 bits per heavy atom. The minimum Gasteiger partial charge on any atom is -0.507 e. The molecular formula is C30H34N2O5. The van der Waals surface area contributed by atoms with Gasteiger partial charge in [0.1, 0.15) is 17.3 Å². The molecule has 4 rings (SSSR count). The largest absolute Gasteiger partial charge is 0.507 e. The third kappa shape index (κ3) is 5.62. The molecule has 0 aliphatic carbocycles. The minimum atomic E-state index is -0.709. The Balaban J connectivity index is 1.80. The summed E-state index contributed by atoms with van der Waals surface area (Å²) >= 11 is 0. The van der Waals surface area contributed by atoms with E-state index in [-0.39, 0.29) is 11.3 Å². The van der Waals surface area contributed by atoms with Crippen molar-refractivity contribution in [3.8, 4) is 11.5 Å². The number of nitrogens with zero attached hydrogens (tertiary/aromatic N) is 2. The first kappa shape index (κ1) is 26.2. The Hall–Kier alpha value is -3.84. The number of ether oxygens (including phenoxy) is 2. The molecule has 0 saturated carbocycles. The number of rotatable bonds is 10. The summed E-state index contributed by atoms with van der Waals surface area (Å²) in [6.07, 6.45) is 1.56. The number of fused-ring (bicyclic) bond motifs is 1. The number of carbonyl (C=O) groups excluding carboxylic acids is 2. The first-order valence-corrected chi connectivity index (χ1v) is 12.6. The molecule has 3 aromatic rings. The van der Waals surface area contributed by atoms with Crippen LogP contribution in [-0.4, -0.2) is 67.5 Å². The second kappa shape index (κ2) is 11.5. The molecule has 194 valence electrons. The lowest BCUT2D eigenvalue weighted by atomic mass is 9.94. The summed E-state index contributed by atoms with van der Waals surface area (Å²) in [6, 6.07) is 17.8. The summed E-state index contributed by atoms with van der Waals surface area (Å²) in [5.74, 6) is -0.0651. The number of aliphatic hydroxyl groups is 1. The Bertz CT molecular complexity index is 1330. The average Bonchev–Trinajstić information content (AvgIpc) is 3.16. The third-order valence-corrected chi connectivity index (χ3v) is 6.51. The van der Waals surface area contributed by atoms with E-state index in [0.717, 1.165) is 35.1 Å². The maximum Gasteiger partial charge on any atom is 0.295 e. The average molecular weight is 503 g/mol. The van der Waals surface area contributed by atoms with Gasteiger partial charge in [-0.15, -0.1) is 0 Å². The normalized spacial score (nSPS) is 17.1. The molecule has 7 nitrogen and oxygen atoms in total. The summed E-state index contributed by atoms with van der Waals surface area (Å²) in [7, 11) is 5.55. The summed E-state index contributed by atoms with van der Waals surface area (Å²) in [5.41, 5.74) is 1.30. The van der Waals surface area contributed by atoms with Crippen LogP contribution in [0.15, 0.2) is 66.2 Å². The predicted octanol–water partition coefficient (Wildman–Crippen LogP) is 5.01. The van der Waals surface area contributed by atoms with Crippen molar-refractivity contribution in [2.75, 3.05) is 40.9 Å². The van der Waals surface area contributed by atoms with Crippen molar-refractivity contribution in [2.24, 2.45) is 0 Å². The molecule has 0 spiro atoms. The molecule has 1 N–H and O–H groups in total. The summed E-state index contributed by atoms with van der Waals surface area (Å²) in [5, 5.41) is 13.3. The van der Waals surface area contributed by atoms with E-state index in [2.05, 4.69) is 0 Å². The van der Waals surface area contributed by atoms with Crippen molar-refractivity contribution < 1.29 is 24.2 Å². The van der Waals surface area contributed by atoms with Gasteiger partial charge in [0.05, 0.1) is 25.3 Å². The van der Waals surface area contributed by atoms with Crippen molar-refractivity contribution >= 4 is 28.2 Å². The van der Waals surface area contributed by atoms with Crippen LogP contribution in [0.4, 0.5) is 0 Å². The SMILES string of the molecule is CCCOc1cccc(C2/C(=C(\O)c3ccc4cc(OC)ccc4c3)C(=O)C(=O)N2CCCN(C)C)c1. The van der Waals surface area contributed by atoms with Gasteiger partial charge in [0.2, 0.25) is 0 Å². The van der Waals surface area contributed by atoms with Gasteiger partial charge in [0.25, 0.3) is 11.7 Å². The first-order valence-electron chi connectivity index (χ1n) is 12.6. The van der Waals surface area contributed by atoms with Crippen molar-refractivity contribution in [1.29, 1.82) is 0 Å². The fourth-order valence-electron chi connectivity index (χ4n) is 4.66. The molecule has 0 aromatic heterocycles. The molecular weight excluding hydrogens is 468 g/mol. The molecule has 37 heavy (non-hydrogen) atoms. The Morgan fingerprint density at radius 2 is 1.76 bits per heavy atom. The topological polar surface area (TPSA) is 79.3 Å². The maximum atomic E-state index is 13.3. The van der Waals surface area contributed by atoms with E-state index in [0.29, 0.717) is 30.9 Å². The van der Waals surface area contributed by atoms with E-state index in [4.69, 9.17) is 9.47 Å². The number of likely N-dealkylation sites (tertiary alicyclic amines) is 1. The van der Waals surface area contributed by atoms with Crippen molar-refractivity contribution in [3.05, 3.63) is 77.4 Å². The standard InChI is InChI=1S/C30H34N2O5/c1-5-16-37-25-9-6-8-22(19-25)27-26(29(34)30(35)32(27)15-7-14-31(2)3)28(33)23-11-10-21-18-24(36-4)13-12-20(21)17-23/h6,8-13,17-19,27,33H,5,7,14-16H2,1-4H3/b28-26+. The van der Waals surface area contributed by atoms with Gasteiger partial charge in [-0.1, -0.05) is 37.3 Å². The Kier molecular flexibility index (Phi) is 8.14. The van der Waals surface area contributed by atoms with Crippen molar-refractivity contribution in [3.63, 3.8) is 0 Å². The lowest BCUT2D eigenvalue weighted by molar-refractivity contribution is -0.139. The number of hydrogen-bond donors (Lipinski definition) is 1. The maximum absolute atomic E-state index is 13.3. The molecule has 1 amide bonds. The van der Waals surface area contributed by atoms with Crippen LogP contribution < -0.4 is 9.47 Å². The molecule has 1 atom stereocenters. The van der Waals surface area contributed by atoms with Crippen LogP contribution in [0.5, 0.6) is 11.5 Å². The van der Waals surface area contributed by atoms with Crippen LogP contribution >= 0.6 is 0 Å². The number of hydrogen-bond acceptors (Lipinski definition) is 6. The number of ketones is 1. The smallest absolute Gasteiger partial charge is 0.295 e. The third-order valence-electron chi connectivity index (χ3n) is 6.51. The van der Waals surface area contributed by atoms with Crippen LogP contribution in [0.3, 0.4) is 0 Å². The predicted molar refractivity (Wildman–Crippen MR) is 145 cm³/mol. The van der Waals surface area contributed by atoms with Gasteiger partial charge in [-0.25, -0.2) is 0 Å². The first-order chi connectivity index (χ1) is 17.8. The zero-order valence-corrected chi connectivity index (χ0v) is 21.9. The molecule has 3 aromatic carbocycles. The number of aliphatic hydroxyl groups excluding tert-OH is 1. The van der Waals surface area contributed by atoms with Gasteiger partial charge in [-0.05, 0) is 80.1 Å². The molecule has 1 unspecified atom stereocenters. The van der Waals surface area contributed by atoms with E-state index in [9.17, 15) is 14.7 Å². The number of methoxy groups -OCH3 is 1. The number of carbonyl (C=O) groups is 2. The van der Waals surface area contributed by atoms with E-state index in [1.165, 1.54) is 0 Å². The van der Waals surface area contributed by atoms with Gasteiger partial charge in [-0.3, -0.25) is 9.59 Å². The number of Topliss-reactive ketones (excluding diaryl/α,β-unsaturated/α-hetero) is 1. The molecule has 1 heterocycles. The molecule has 1 aliphatic heterocycles. The van der Waals surface area contributed by atoms with Crippen LogP contribution in [0.2, 0.25) is 0 Å². The lowest BCUT2D eigenvalue weighted by Gasteiger charge is -2.26. The molecule has 0 bridgehead atoms. The zero-order valence-electron chi connectivity index (χ0n) is 21.9. The fourth-order valence-corrected chi connectivity index (χ4v) is 4.66. The number of benzene rings is 3. The fraction of sp³-hybridized carbons (Fsp3) is 0.333. The molecule has 1 aliphatic rings. The van der Waals surface area contributed by atoms with E-state index in [1.54, 1.807) is 18.1 Å². The summed E-state index contributed by atoms with van der Waals surface area (Å²) in [6.45, 7) is 3.75. The number of amides is 1. The highest BCUT2D eigenvalue weighted by Crippen LogP contribution is 2.40.